The highest BCUT2D eigenvalue weighted by molar-refractivity contribution is 5.22. The standard InChI is InChI=1S/C18H27NO2.C3H8/c1-13-3-5-15(6-4-13)18-20-11-16(12-21-18)14-7-9-17(19-2)10-8-14;1-3-2/h3-6,14,16-19H,7-12H2,1-2H3;3H2,1-2H3. The van der Waals surface area contributed by atoms with E-state index < -0.39 is 0 Å². The maximum atomic E-state index is 5.99. The van der Waals surface area contributed by atoms with Crippen LogP contribution in [0.5, 0.6) is 0 Å². The minimum Gasteiger partial charge on any atom is -0.348 e. The van der Waals surface area contributed by atoms with E-state index in [0.29, 0.717) is 12.0 Å². The van der Waals surface area contributed by atoms with Gasteiger partial charge in [0.2, 0.25) is 0 Å². The number of ether oxygens (including phenoxy) is 2. The lowest BCUT2D eigenvalue weighted by molar-refractivity contribution is -0.214. The Bertz CT molecular complexity index is 443. The summed E-state index contributed by atoms with van der Waals surface area (Å²) in [7, 11) is 2.07. The summed E-state index contributed by atoms with van der Waals surface area (Å²) < 4.78 is 12.0. The van der Waals surface area contributed by atoms with Crippen LogP contribution in [0.2, 0.25) is 0 Å². The summed E-state index contributed by atoms with van der Waals surface area (Å²) in [4.78, 5) is 0. The van der Waals surface area contributed by atoms with E-state index in [0.717, 1.165) is 24.7 Å². The molecule has 0 bridgehead atoms. The van der Waals surface area contributed by atoms with Gasteiger partial charge in [-0.1, -0.05) is 50.1 Å². The average Bonchev–Trinajstić information content (AvgIpc) is 2.63. The Morgan fingerprint density at radius 2 is 1.46 bits per heavy atom. The molecule has 0 amide bonds. The first-order chi connectivity index (χ1) is 11.7. The Balaban J connectivity index is 0.000000647. The van der Waals surface area contributed by atoms with E-state index >= 15 is 0 Å². The van der Waals surface area contributed by atoms with Crippen LogP contribution in [-0.4, -0.2) is 26.3 Å². The molecule has 2 fully saturated rings. The van der Waals surface area contributed by atoms with Gasteiger partial charge in [-0.3, -0.25) is 0 Å². The lowest BCUT2D eigenvalue weighted by Crippen LogP contribution is -2.37. The Hall–Kier alpha value is -0.900. The lowest BCUT2D eigenvalue weighted by atomic mass is 9.78. The first-order valence-corrected chi connectivity index (χ1v) is 9.64. The van der Waals surface area contributed by atoms with Gasteiger partial charge in [-0.05, 0) is 45.6 Å². The van der Waals surface area contributed by atoms with Gasteiger partial charge >= 0.3 is 0 Å². The van der Waals surface area contributed by atoms with Gasteiger partial charge < -0.3 is 14.8 Å². The molecule has 2 aliphatic rings. The molecule has 1 aromatic carbocycles. The molecule has 1 aliphatic heterocycles. The summed E-state index contributed by atoms with van der Waals surface area (Å²) >= 11 is 0. The molecule has 0 atom stereocenters. The zero-order chi connectivity index (χ0) is 17.4. The van der Waals surface area contributed by atoms with Crippen molar-refractivity contribution in [1.29, 1.82) is 0 Å². The normalized spacial score (nSPS) is 30.3. The highest BCUT2D eigenvalue weighted by Gasteiger charge is 2.31. The van der Waals surface area contributed by atoms with Crippen molar-refractivity contribution >= 4 is 0 Å². The minimum atomic E-state index is -0.171. The fourth-order valence-electron chi connectivity index (χ4n) is 3.59. The van der Waals surface area contributed by atoms with Gasteiger partial charge in [0, 0.05) is 17.5 Å². The van der Waals surface area contributed by atoms with Crippen molar-refractivity contribution in [2.24, 2.45) is 11.8 Å². The van der Waals surface area contributed by atoms with E-state index in [4.69, 9.17) is 9.47 Å². The highest BCUT2D eigenvalue weighted by atomic mass is 16.7. The van der Waals surface area contributed by atoms with E-state index in [-0.39, 0.29) is 6.29 Å². The summed E-state index contributed by atoms with van der Waals surface area (Å²) in [5.41, 5.74) is 2.41. The molecule has 1 heterocycles. The molecule has 0 aromatic heterocycles. The second kappa shape index (κ2) is 10.2. The van der Waals surface area contributed by atoms with Crippen LogP contribution >= 0.6 is 0 Å². The van der Waals surface area contributed by atoms with Crippen LogP contribution in [0.15, 0.2) is 24.3 Å². The van der Waals surface area contributed by atoms with Gasteiger partial charge in [-0.15, -0.1) is 0 Å². The van der Waals surface area contributed by atoms with Crippen LogP contribution in [-0.2, 0) is 9.47 Å². The summed E-state index contributed by atoms with van der Waals surface area (Å²) in [5.74, 6) is 1.35. The fraction of sp³-hybridized carbons (Fsp3) is 0.714. The molecule has 3 heteroatoms. The molecule has 1 aromatic rings. The molecular weight excluding hydrogens is 298 g/mol. The van der Waals surface area contributed by atoms with Crippen LogP contribution in [0.1, 0.15) is 63.4 Å². The monoisotopic (exact) mass is 333 g/mol. The molecule has 1 N–H and O–H groups in total. The fourth-order valence-corrected chi connectivity index (χ4v) is 3.59. The van der Waals surface area contributed by atoms with Gasteiger partial charge in [0.1, 0.15) is 0 Å². The number of hydrogen-bond acceptors (Lipinski definition) is 3. The number of nitrogens with one attached hydrogen (secondary N) is 1. The topological polar surface area (TPSA) is 30.5 Å². The number of hydrogen-bond donors (Lipinski definition) is 1. The maximum absolute atomic E-state index is 5.99. The minimum absolute atomic E-state index is 0.171. The zero-order valence-corrected chi connectivity index (χ0v) is 15.9. The molecular formula is C21H35NO2. The first kappa shape index (κ1) is 19.4. The van der Waals surface area contributed by atoms with E-state index in [2.05, 4.69) is 57.4 Å². The van der Waals surface area contributed by atoms with Crippen molar-refractivity contribution in [2.75, 3.05) is 20.3 Å². The summed E-state index contributed by atoms with van der Waals surface area (Å²) in [6.07, 6.45) is 6.27. The number of benzene rings is 1. The predicted octanol–water partition coefficient (Wildman–Crippen LogP) is 4.85. The van der Waals surface area contributed by atoms with Crippen molar-refractivity contribution in [2.45, 2.75) is 65.2 Å². The predicted molar refractivity (Wildman–Crippen MR) is 100 cm³/mol. The lowest BCUT2D eigenvalue weighted by Gasteiger charge is -2.37. The smallest absolute Gasteiger partial charge is 0.183 e. The third kappa shape index (κ3) is 5.58. The second-order valence-corrected chi connectivity index (χ2v) is 7.28. The molecule has 0 radical (unpaired) electrons. The van der Waals surface area contributed by atoms with Crippen molar-refractivity contribution in [3.05, 3.63) is 35.4 Å². The number of aryl methyl sites for hydroxylation is 1. The number of rotatable bonds is 3. The van der Waals surface area contributed by atoms with E-state index in [1.807, 2.05) is 0 Å². The summed E-state index contributed by atoms with van der Waals surface area (Å²) in [6, 6.07) is 9.17. The van der Waals surface area contributed by atoms with Gasteiger partial charge in [0.05, 0.1) is 13.2 Å². The second-order valence-electron chi connectivity index (χ2n) is 7.28. The summed E-state index contributed by atoms with van der Waals surface area (Å²) in [5, 5.41) is 3.40. The SMILES string of the molecule is CCC.CNC1CCC(C2COC(c3ccc(C)cc3)OC2)CC1. The third-order valence-electron chi connectivity index (χ3n) is 5.12. The molecule has 1 saturated carbocycles. The first-order valence-electron chi connectivity index (χ1n) is 9.64. The Kier molecular flexibility index (Phi) is 8.23. The van der Waals surface area contributed by atoms with Crippen LogP contribution in [0.3, 0.4) is 0 Å². The van der Waals surface area contributed by atoms with Gasteiger partial charge in [-0.25, -0.2) is 0 Å². The molecule has 24 heavy (non-hydrogen) atoms. The van der Waals surface area contributed by atoms with Crippen molar-refractivity contribution < 1.29 is 9.47 Å². The maximum Gasteiger partial charge on any atom is 0.183 e. The largest absolute Gasteiger partial charge is 0.348 e. The molecule has 1 aliphatic carbocycles. The van der Waals surface area contributed by atoms with Crippen LogP contribution < -0.4 is 5.32 Å². The van der Waals surface area contributed by atoms with E-state index in [1.165, 1.54) is 37.7 Å². The Morgan fingerprint density at radius 3 is 1.96 bits per heavy atom. The molecule has 3 nitrogen and oxygen atoms in total. The van der Waals surface area contributed by atoms with Crippen LogP contribution in [0.4, 0.5) is 0 Å². The van der Waals surface area contributed by atoms with Crippen LogP contribution in [0.25, 0.3) is 0 Å². The molecule has 0 unspecified atom stereocenters. The van der Waals surface area contributed by atoms with Crippen molar-refractivity contribution in [3.63, 3.8) is 0 Å². The van der Waals surface area contributed by atoms with Gasteiger partial charge in [-0.2, -0.15) is 0 Å². The third-order valence-corrected chi connectivity index (χ3v) is 5.12. The van der Waals surface area contributed by atoms with E-state index in [1.54, 1.807) is 0 Å². The van der Waals surface area contributed by atoms with Crippen LogP contribution in [0, 0.1) is 18.8 Å². The molecule has 136 valence electrons. The quantitative estimate of drug-likeness (QED) is 0.857. The van der Waals surface area contributed by atoms with Gasteiger partial charge in [0.25, 0.3) is 0 Å². The molecule has 1 saturated heterocycles. The van der Waals surface area contributed by atoms with Gasteiger partial charge in [0.15, 0.2) is 6.29 Å². The molecule has 3 rings (SSSR count). The Morgan fingerprint density at radius 1 is 0.917 bits per heavy atom. The zero-order valence-electron chi connectivity index (χ0n) is 15.9. The molecule has 0 spiro atoms. The summed E-state index contributed by atoms with van der Waals surface area (Å²) in [6.45, 7) is 8.03. The van der Waals surface area contributed by atoms with Crippen molar-refractivity contribution in [1.82, 2.24) is 5.32 Å². The Labute approximate surface area is 148 Å². The van der Waals surface area contributed by atoms with E-state index in [9.17, 15) is 0 Å². The highest BCUT2D eigenvalue weighted by Crippen LogP contribution is 2.35. The average molecular weight is 334 g/mol. The van der Waals surface area contributed by atoms with Crippen molar-refractivity contribution in [3.8, 4) is 0 Å².